The van der Waals surface area contributed by atoms with Crippen molar-refractivity contribution >= 4 is 5.96 Å². The van der Waals surface area contributed by atoms with E-state index >= 15 is 0 Å². The van der Waals surface area contributed by atoms with Crippen LogP contribution in [0.1, 0.15) is 45.4 Å². The van der Waals surface area contributed by atoms with E-state index in [0.29, 0.717) is 13.0 Å². The van der Waals surface area contributed by atoms with E-state index in [0.717, 1.165) is 30.6 Å². The number of hydrogen-bond donors (Lipinski definition) is 1. The van der Waals surface area contributed by atoms with Crippen LogP contribution in [0.25, 0.3) is 0 Å². The quantitative estimate of drug-likeness (QED) is 0.627. The Morgan fingerprint density at radius 1 is 1.28 bits per heavy atom. The van der Waals surface area contributed by atoms with E-state index in [9.17, 15) is 13.2 Å². The minimum atomic E-state index is -4.23. The van der Waals surface area contributed by atoms with Gasteiger partial charge in [0.15, 0.2) is 5.96 Å². The van der Waals surface area contributed by atoms with Gasteiger partial charge in [-0.15, -0.1) is 0 Å². The van der Waals surface area contributed by atoms with Crippen LogP contribution in [0.2, 0.25) is 0 Å². The molecule has 1 aliphatic rings. The molecule has 0 aliphatic heterocycles. The third kappa shape index (κ3) is 5.60. The topological polar surface area (TPSA) is 41.6 Å². The van der Waals surface area contributed by atoms with Crippen molar-refractivity contribution in [2.24, 2.45) is 10.7 Å². The Bertz CT molecular complexity index is 270. The van der Waals surface area contributed by atoms with Gasteiger partial charge in [-0.25, -0.2) is 4.99 Å². The molecule has 0 unspecified atom stereocenters. The van der Waals surface area contributed by atoms with Crippen LogP contribution in [0.15, 0.2) is 4.99 Å². The Morgan fingerprint density at radius 3 is 2.39 bits per heavy atom. The van der Waals surface area contributed by atoms with Gasteiger partial charge in [0.1, 0.15) is 6.54 Å². The second kappa shape index (κ2) is 6.85. The monoisotopic (exact) mass is 265 g/mol. The van der Waals surface area contributed by atoms with Gasteiger partial charge in [-0.1, -0.05) is 26.2 Å². The molecular formula is C12H22F3N3. The summed E-state index contributed by atoms with van der Waals surface area (Å²) in [7, 11) is 0. The molecule has 0 spiro atoms. The summed E-state index contributed by atoms with van der Waals surface area (Å²) in [5.74, 6) is 0.0427. The van der Waals surface area contributed by atoms with Crippen molar-refractivity contribution < 1.29 is 13.2 Å². The molecule has 18 heavy (non-hydrogen) atoms. The van der Waals surface area contributed by atoms with E-state index in [2.05, 4.69) is 4.99 Å². The lowest BCUT2D eigenvalue weighted by Crippen LogP contribution is -2.44. The third-order valence-electron chi connectivity index (χ3n) is 3.08. The molecule has 1 aliphatic carbocycles. The summed E-state index contributed by atoms with van der Waals surface area (Å²) < 4.78 is 37.2. The minimum absolute atomic E-state index is 0.0427. The molecule has 106 valence electrons. The van der Waals surface area contributed by atoms with E-state index in [-0.39, 0.29) is 12.0 Å². The summed E-state index contributed by atoms with van der Waals surface area (Å²) in [6.07, 6.45) is 1.63. The van der Waals surface area contributed by atoms with Crippen molar-refractivity contribution in [2.75, 3.05) is 13.1 Å². The molecule has 1 fully saturated rings. The molecule has 0 aromatic rings. The normalized spacial score (nSPS) is 19.0. The van der Waals surface area contributed by atoms with Crippen LogP contribution in [0.5, 0.6) is 0 Å². The van der Waals surface area contributed by atoms with E-state index in [4.69, 9.17) is 5.73 Å². The highest BCUT2D eigenvalue weighted by Crippen LogP contribution is 2.21. The Labute approximate surface area is 106 Å². The Balaban J connectivity index is 2.62. The molecule has 0 saturated heterocycles. The van der Waals surface area contributed by atoms with Crippen molar-refractivity contribution in [1.82, 2.24) is 4.90 Å². The van der Waals surface area contributed by atoms with Crippen LogP contribution >= 0.6 is 0 Å². The first-order valence-electron chi connectivity index (χ1n) is 6.57. The second-order valence-corrected chi connectivity index (χ2v) is 4.82. The molecule has 0 aromatic heterocycles. The largest absolute Gasteiger partial charge is 0.406 e. The first-order chi connectivity index (χ1) is 8.42. The lowest BCUT2D eigenvalue weighted by atomic mass is 9.96. The van der Waals surface area contributed by atoms with Gasteiger partial charge in [-0.05, 0) is 19.3 Å². The van der Waals surface area contributed by atoms with E-state index in [1.165, 1.54) is 6.42 Å². The Kier molecular flexibility index (Phi) is 5.75. The van der Waals surface area contributed by atoms with E-state index < -0.39 is 12.7 Å². The second-order valence-electron chi connectivity index (χ2n) is 4.82. The van der Waals surface area contributed by atoms with E-state index in [1.807, 2.05) is 6.92 Å². The summed E-state index contributed by atoms with van der Waals surface area (Å²) in [5.41, 5.74) is 5.72. The fraction of sp³-hybridized carbons (Fsp3) is 0.917. The van der Waals surface area contributed by atoms with Crippen LogP contribution < -0.4 is 5.73 Å². The van der Waals surface area contributed by atoms with Crippen LogP contribution in [0.4, 0.5) is 13.2 Å². The highest BCUT2D eigenvalue weighted by Gasteiger charge is 2.31. The van der Waals surface area contributed by atoms with Crippen molar-refractivity contribution in [3.63, 3.8) is 0 Å². The zero-order chi connectivity index (χ0) is 13.6. The van der Waals surface area contributed by atoms with Crippen LogP contribution in [0.3, 0.4) is 0 Å². The zero-order valence-corrected chi connectivity index (χ0v) is 10.8. The van der Waals surface area contributed by atoms with Gasteiger partial charge in [0.2, 0.25) is 0 Å². The van der Waals surface area contributed by atoms with Crippen LogP contribution in [0, 0.1) is 0 Å². The fourth-order valence-corrected chi connectivity index (χ4v) is 2.24. The van der Waals surface area contributed by atoms with Crippen molar-refractivity contribution in [3.8, 4) is 0 Å². The Morgan fingerprint density at radius 2 is 1.89 bits per heavy atom. The van der Waals surface area contributed by atoms with Gasteiger partial charge in [-0.3, -0.25) is 0 Å². The number of aliphatic imine (C=N–C) groups is 1. The number of hydrogen-bond acceptors (Lipinski definition) is 1. The van der Waals surface area contributed by atoms with E-state index in [1.54, 1.807) is 0 Å². The van der Waals surface area contributed by atoms with Gasteiger partial charge < -0.3 is 10.6 Å². The summed E-state index contributed by atoms with van der Waals surface area (Å²) in [5, 5.41) is 0. The maximum absolute atomic E-state index is 12.4. The van der Waals surface area contributed by atoms with Gasteiger partial charge in [0, 0.05) is 6.54 Å². The summed E-state index contributed by atoms with van der Waals surface area (Å²) in [4.78, 5) is 5.39. The van der Waals surface area contributed by atoms with Gasteiger partial charge >= 0.3 is 6.18 Å². The number of nitrogens with zero attached hydrogens (tertiary/aromatic N) is 2. The predicted molar refractivity (Wildman–Crippen MR) is 66.4 cm³/mol. The molecule has 0 bridgehead atoms. The van der Waals surface area contributed by atoms with Gasteiger partial charge in [0.05, 0.1) is 6.04 Å². The number of alkyl halides is 3. The molecule has 0 aromatic carbocycles. The number of rotatable bonds is 4. The minimum Gasteiger partial charge on any atom is -0.370 e. The average molecular weight is 265 g/mol. The number of nitrogens with two attached hydrogens (primary N) is 1. The van der Waals surface area contributed by atoms with Gasteiger partial charge in [0.25, 0.3) is 0 Å². The first kappa shape index (κ1) is 15.1. The van der Waals surface area contributed by atoms with Crippen LogP contribution in [-0.4, -0.2) is 36.2 Å². The van der Waals surface area contributed by atoms with Crippen LogP contribution in [-0.2, 0) is 0 Å². The lowest BCUT2D eigenvalue weighted by Gasteiger charge is -2.26. The van der Waals surface area contributed by atoms with Crippen molar-refractivity contribution in [1.29, 1.82) is 0 Å². The average Bonchev–Trinajstić information content (AvgIpc) is 2.28. The molecule has 1 rings (SSSR count). The molecule has 2 N–H and O–H groups in total. The number of halogens is 3. The molecule has 0 heterocycles. The molecule has 3 nitrogen and oxygen atoms in total. The maximum Gasteiger partial charge on any atom is 0.406 e. The number of guanidine groups is 1. The Hall–Kier alpha value is -0.940. The molecular weight excluding hydrogens is 243 g/mol. The smallest absolute Gasteiger partial charge is 0.370 e. The molecule has 0 radical (unpaired) electrons. The molecule has 0 amide bonds. The molecule has 1 saturated carbocycles. The molecule has 6 heteroatoms. The van der Waals surface area contributed by atoms with Crippen molar-refractivity contribution in [3.05, 3.63) is 0 Å². The highest BCUT2D eigenvalue weighted by atomic mass is 19.4. The van der Waals surface area contributed by atoms with Gasteiger partial charge in [-0.2, -0.15) is 13.2 Å². The molecule has 0 atom stereocenters. The van der Waals surface area contributed by atoms with Crippen molar-refractivity contribution in [2.45, 2.75) is 57.7 Å². The predicted octanol–water partition coefficient (Wildman–Crippen LogP) is 2.91. The third-order valence-corrected chi connectivity index (χ3v) is 3.08. The standard InChI is InChI=1S/C12H22F3N3/c1-2-8-18(9-12(13,14)15)11(16)17-10-6-4-3-5-7-10/h10H,2-9H2,1H3,(H2,16,17). The lowest BCUT2D eigenvalue weighted by molar-refractivity contribution is -0.138. The first-order valence-corrected chi connectivity index (χ1v) is 6.57. The SMILES string of the molecule is CCCN(CC(F)(F)F)C(N)=NC1CCCCC1. The summed E-state index contributed by atoms with van der Waals surface area (Å²) >= 11 is 0. The zero-order valence-electron chi connectivity index (χ0n) is 10.8. The maximum atomic E-state index is 12.4. The highest BCUT2D eigenvalue weighted by molar-refractivity contribution is 5.78. The summed E-state index contributed by atoms with van der Waals surface area (Å²) in [6, 6.07) is 0.103. The summed E-state index contributed by atoms with van der Waals surface area (Å²) in [6.45, 7) is 1.11. The fourth-order valence-electron chi connectivity index (χ4n) is 2.24.